The van der Waals surface area contributed by atoms with Gasteiger partial charge in [-0.3, -0.25) is 9.69 Å². The van der Waals surface area contributed by atoms with Crippen molar-refractivity contribution in [1.29, 1.82) is 0 Å². The highest BCUT2D eigenvalue weighted by Crippen LogP contribution is 2.37. The molecule has 2 bridgehead atoms. The summed E-state index contributed by atoms with van der Waals surface area (Å²) in [6.07, 6.45) is 6.61. The van der Waals surface area contributed by atoms with Crippen LogP contribution in [0.4, 0.5) is 10.1 Å². The Bertz CT molecular complexity index is 597. The average molecular weight is 345 g/mol. The van der Waals surface area contributed by atoms with Gasteiger partial charge in [0.25, 0.3) is 0 Å². The molecule has 1 amide bonds. The van der Waals surface area contributed by atoms with Gasteiger partial charge in [0, 0.05) is 50.4 Å². The highest BCUT2D eigenvalue weighted by atomic mass is 19.1. The van der Waals surface area contributed by atoms with Crippen molar-refractivity contribution >= 4 is 11.6 Å². The Morgan fingerprint density at radius 3 is 2.52 bits per heavy atom. The Morgan fingerprint density at radius 2 is 1.88 bits per heavy atom. The summed E-state index contributed by atoms with van der Waals surface area (Å²) in [7, 11) is 0. The van der Waals surface area contributed by atoms with Crippen LogP contribution < -0.4 is 10.2 Å². The summed E-state index contributed by atoms with van der Waals surface area (Å²) >= 11 is 0. The molecule has 0 unspecified atom stereocenters. The van der Waals surface area contributed by atoms with E-state index in [0.29, 0.717) is 6.42 Å². The Hall–Kier alpha value is -1.62. The number of likely N-dealkylation sites (tertiary alicyclic amines) is 1. The predicted octanol–water partition coefficient (Wildman–Crippen LogP) is 2.79. The molecule has 4 nitrogen and oxygen atoms in total. The third-order valence-corrected chi connectivity index (χ3v) is 6.20. The van der Waals surface area contributed by atoms with Crippen molar-refractivity contribution in [3.05, 3.63) is 30.1 Å². The molecule has 4 rings (SSSR count). The van der Waals surface area contributed by atoms with Gasteiger partial charge < -0.3 is 10.2 Å². The van der Waals surface area contributed by atoms with Crippen molar-refractivity contribution in [3.8, 4) is 0 Å². The van der Waals surface area contributed by atoms with Gasteiger partial charge in [-0.05, 0) is 62.3 Å². The van der Waals surface area contributed by atoms with Crippen LogP contribution in [-0.2, 0) is 4.79 Å². The zero-order valence-electron chi connectivity index (χ0n) is 14.8. The van der Waals surface area contributed by atoms with E-state index in [1.807, 2.05) is 12.1 Å². The van der Waals surface area contributed by atoms with E-state index in [4.69, 9.17) is 0 Å². The number of hydrogen-bond acceptors (Lipinski definition) is 3. The van der Waals surface area contributed by atoms with Crippen LogP contribution >= 0.6 is 0 Å². The minimum absolute atomic E-state index is 0.197. The summed E-state index contributed by atoms with van der Waals surface area (Å²) in [6.45, 7) is 3.94. The number of nitrogens with one attached hydrogen (secondary N) is 1. The number of benzene rings is 1. The molecule has 1 N–H and O–H groups in total. The summed E-state index contributed by atoms with van der Waals surface area (Å²) < 4.78 is 13.0. The lowest BCUT2D eigenvalue weighted by Gasteiger charge is -2.34. The quantitative estimate of drug-likeness (QED) is 0.891. The highest BCUT2D eigenvalue weighted by Gasteiger charge is 2.37. The third kappa shape index (κ3) is 3.97. The van der Waals surface area contributed by atoms with Gasteiger partial charge in [0.1, 0.15) is 5.82 Å². The van der Waals surface area contributed by atoms with Crippen molar-refractivity contribution in [2.24, 2.45) is 5.92 Å². The van der Waals surface area contributed by atoms with E-state index in [0.717, 1.165) is 50.1 Å². The fraction of sp³-hybridized carbons (Fsp3) is 0.650. The molecule has 136 valence electrons. The molecule has 0 aromatic heterocycles. The van der Waals surface area contributed by atoms with Crippen molar-refractivity contribution in [2.45, 2.75) is 50.6 Å². The lowest BCUT2D eigenvalue weighted by molar-refractivity contribution is -0.122. The van der Waals surface area contributed by atoms with Crippen molar-refractivity contribution in [2.75, 3.05) is 31.1 Å². The van der Waals surface area contributed by atoms with Gasteiger partial charge in [-0.25, -0.2) is 4.39 Å². The van der Waals surface area contributed by atoms with Crippen molar-refractivity contribution in [1.82, 2.24) is 10.2 Å². The molecule has 2 aliphatic heterocycles. The van der Waals surface area contributed by atoms with E-state index >= 15 is 0 Å². The predicted molar refractivity (Wildman–Crippen MR) is 97.1 cm³/mol. The Morgan fingerprint density at radius 1 is 1.12 bits per heavy atom. The number of hydrogen-bond donors (Lipinski definition) is 1. The van der Waals surface area contributed by atoms with E-state index in [2.05, 4.69) is 15.1 Å². The summed E-state index contributed by atoms with van der Waals surface area (Å²) in [5, 5.41) is 3.22. The number of rotatable bonds is 5. The zero-order valence-corrected chi connectivity index (χ0v) is 14.8. The first-order chi connectivity index (χ1) is 12.2. The Labute approximate surface area is 149 Å². The van der Waals surface area contributed by atoms with E-state index in [1.165, 1.54) is 37.9 Å². The first-order valence-corrected chi connectivity index (χ1v) is 9.71. The first kappa shape index (κ1) is 16.8. The number of nitrogens with zero attached hydrogens (tertiary/aromatic N) is 2. The normalized spacial score (nSPS) is 27.0. The standard InChI is InChI=1S/C20H28FN3O/c21-16-2-5-18(6-3-16)23-10-7-17(8-11-23)22-20(25)9-12-24-14-15-1-4-19(24)13-15/h2-3,5-6,15,17,19H,1,4,7-14H2,(H,22,25)/t15-,19+/m1/s1. The fourth-order valence-electron chi connectivity index (χ4n) is 4.78. The first-order valence-electron chi connectivity index (χ1n) is 9.71. The van der Waals surface area contributed by atoms with Gasteiger partial charge in [-0.2, -0.15) is 0 Å². The Kier molecular flexibility index (Phi) is 4.93. The molecule has 2 saturated heterocycles. The lowest BCUT2D eigenvalue weighted by atomic mass is 10.0. The molecule has 1 aromatic carbocycles. The molecule has 0 spiro atoms. The monoisotopic (exact) mass is 345 g/mol. The van der Waals surface area contributed by atoms with Crippen molar-refractivity contribution in [3.63, 3.8) is 0 Å². The lowest BCUT2D eigenvalue weighted by Crippen LogP contribution is -2.45. The van der Waals surface area contributed by atoms with Crippen molar-refractivity contribution < 1.29 is 9.18 Å². The second-order valence-corrected chi connectivity index (χ2v) is 7.88. The summed E-state index contributed by atoms with van der Waals surface area (Å²) in [6, 6.07) is 7.70. The van der Waals surface area contributed by atoms with Gasteiger partial charge in [0.05, 0.1) is 0 Å². The van der Waals surface area contributed by atoms with Crippen LogP contribution in [0, 0.1) is 11.7 Å². The van der Waals surface area contributed by atoms with E-state index in [9.17, 15) is 9.18 Å². The molecule has 3 fully saturated rings. The smallest absolute Gasteiger partial charge is 0.221 e. The molecule has 1 aromatic rings. The number of anilines is 1. The number of halogens is 1. The highest BCUT2D eigenvalue weighted by molar-refractivity contribution is 5.76. The summed E-state index contributed by atoms with van der Waals surface area (Å²) in [5.41, 5.74) is 1.07. The Balaban J connectivity index is 1.18. The number of fused-ring (bicyclic) bond motifs is 2. The number of piperidine rings is 2. The molecule has 2 atom stereocenters. The molecule has 25 heavy (non-hydrogen) atoms. The van der Waals surface area contributed by atoms with Gasteiger partial charge >= 0.3 is 0 Å². The number of carbonyl (C=O) groups excluding carboxylic acids is 1. The maximum Gasteiger partial charge on any atom is 0.221 e. The molecule has 1 saturated carbocycles. The second-order valence-electron chi connectivity index (χ2n) is 7.88. The van der Waals surface area contributed by atoms with Crippen LogP contribution in [0.3, 0.4) is 0 Å². The number of carbonyl (C=O) groups is 1. The van der Waals surface area contributed by atoms with Crippen LogP contribution in [0.2, 0.25) is 0 Å². The molecular weight excluding hydrogens is 317 g/mol. The summed E-state index contributed by atoms with van der Waals surface area (Å²) in [5.74, 6) is 0.893. The minimum Gasteiger partial charge on any atom is -0.371 e. The maximum atomic E-state index is 13.0. The molecule has 0 radical (unpaired) electrons. The van der Waals surface area contributed by atoms with Gasteiger partial charge in [0.15, 0.2) is 0 Å². The van der Waals surface area contributed by atoms with Gasteiger partial charge in [-0.1, -0.05) is 0 Å². The molecule has 2 heterocycles. The molecule has 3 aliphatic rings. The molecule has 1 aliphatic carbocycles. The average Bonchev–Trinajstić information content (AvgIpc) is 3.24. The van der Waals surface area contributed by atoms with E-state index in [1.54, 1.807) is 0 Å². The third-order valence-electron chi connectivity index (χ3n) is 6.20. The SMILES string of the molecule is O=C(CCN1C[C@@H]2CC[C@H]1C2)NC1CCN(c2ccc(F)cc2)CC1. The van der Waals surface area contributed by atoms with Crippen LogP contribution in [0.25, 0.3) is 0 Å². The van der Waals surface area contributed by atoms with E-state index < -0.39 is 0 Å². The fourth-order valence-corrected chi connectivity index (χ4v) is 4.78. The minimum atomic E-state index is -0.197. The second kappa shape index (κ2) is 7.32. The largest absolute Gasteiger partial charge is 0.371 e. The van der Waals surface area contributed by atoms with Crippen LogP contribution in [0.1, 0.15) is 38.5 Å². The number of amides is 1. The molecular formula is C20H28FN3O. The maximum absolute atomic E-state index is 13.0. The van der Waals surface area contributed by atoms with E-state index in [-0.39, 0.29) is 17.8 Å². The zero-order chi connectivity index (χ0) is 17.2. The van der Waals surface area contributed by atoms with Crippen LogP contribution in [0.5, 0.6) is 0 Å². The molecule has 5 heteroatoms. The van der Waals surface area contributed by atoms with Gasteiger partial charge in [-0.15, -0.1) is 0 Å². The van der Waals surface area contributed by atoms with Crippen LogP contribution in [0.15, 0.2) is 24.3 Å². The summed E-state index contributed by atoms with van der Waals surface area (Å²) in [4.78, 5) is 17.1. The van der Waals surface area contributed by atoms with Gasteiger partial charge in [0.2, 0.25) is 5.91 Å². The topological polar surface area (TPSA) is 35.6 Å². The van der Waals surface area contributed by atoms with Crippen LogP contribution in [-0.4, -0.2) is 49.1 Å².